The zero-order valence-electron chi connectivity index (χ0n) is 5.52. The number of H-pyrrole nitrogens is 2. The van der Waals surface area contributed by atoms with E-state index in [0.717, 1.165) is 9.86 Å². The Morgan fingerprint density at radius 3 is 2.91 bits per heavy atom. The molecule has 2 aromatic rings. The van der Waals surface area contributed by atoms with Gasteiger partial charge in [0.1, 0.15) is 5.52 Å². The summed E-state index contributed by atoms with van der Waals surface area (Å²) in [7, 11) is 0. The first kappa shape index (κ1) is 6.67. The monoisotopic (exact) mass is 212 g/mol. The maximum atomic E-state index is 11.1. The molecule has 0 radical (unpaired) electrons. The fourth-order valence-corrected chi connectivity index (χ4v) is 1.48. The molecule has 0 aliphatic heterocycles. The lowest BCUT2D eigenvalue weighted by atomic mass is 10.3. The Bertz CT molecular complexity index is 443. The molecule has 2 rings (SSSR count). The van der Waals surface area contributed by atoms with Gasteiger partial charge in [-0.3, -0.25) is 4.79 Å². The quantitative estimate of drug-likeness (QED) is 0.686. The first-order chi connectivity index (χ1) is 5.29. The van der Waals surface area contributed by atoms with Crippen LogP contribution in [0.15, 0.2) is 27.7 Å². The number of hydrogen-bond acceptors (Lipinski definition) is 1. The SMILES string of the molecule is O=c1[nH]ccc2c(Br)c[nH]c12. The average Bonchev–Trinajstić information content (AvgIpc) is 2.35. The van der Waals surface area contributed by atoms with Crippen LogP contribution in [0.1, 0.15) is 0 Å². The van der Waals surface area contributed by atoms with Crippen molar-refractivity contribution in [1.29, 1.82) is 0 Å². The molecule has 56 valence electrons. The van der Waals surface area contributed by atoms with Gasteiger partial charge in [0.25, 0.3) is 5.56 Å². The van der Waals surface area contributed by atoms with Gasteiger partial charge < -0.3 is 9.97 Å². The minimum absolute atomic E-state index is 0.0896. The number of halogens is 1. The third-order valence-corrected chi connectivity index (χ3v) is 2.22. The average molecular weight is 213 g/mol. The van der Waals surface area contributed by atoms with Crippen LogP contribution in [0.2, 0.25) is 0 Å². The Kier molecular flexibility index (Phi) is 1.35. The molecule has 0 amide bonds. The van der Waals surface area contributed by atoms with Crippen molar-refractivity contribution >= 4 is 26.8 Å². The molecule has 0 aliphatic rings. The molecule has 0 bridgehead atoms. The lowest BCUT2D eigenvalue weighted by Crippen LogP contribution is -2.03. The third kappa shape index (κ3) is 0.903. The number of aromatic amines is 2. The Balaban J connectivity index is 3.06. The first-order valence-corrected chi connectivity index (χ1v) is 3.92. The van der Waals surface area contributed by atoms with E-state index >= 15 is 0 Å². The Labute approximate surface area is 70.6 Å². The second kappa shape index (κ2) is 2.23. The summed E-state index contributed by atoms with van der Waals surface area (Å²) < 4.78 is 0.915. The molecule has 0 saturated carbocycles. The van der Waals surface area contributed by atoms with E-state index in [-0.39, 0.29) is 5.56 Å². The Morgan fingerprint density at radius 2 is 2.18 bits per heavy atom. The number of fused-ring (bicyclic) bond motifs is 1. The van der Waals surface area contributed by atoms with Crippen molar-refractivity contribution < 1.29 is 0 Å². The zero-order chi connectivity index (χ0) is 7.84. The molecule has 2 heterocycles. The molecule has 0 spiro atoms. The van der Waals surface area contributed by atoms with Gasteiger partial charge >= 0.3 is 0 Å². The van der Waals surface area contributed by atoms with Gasteiger partial charge in [0.15, 0.2) is 0 Å². The summed E-state index contributed by atoms with van der Waals surface area (Å²) in [6, 6.07) is 1.84. The van der Waals surface area contributed by atoms with Crippen LogP contribution in [0.5, 0.6) is 0 Å². The van der Waals surface area contributed by atoms with Gasteiger partial charge in [0.05, 0.1) is 0 Å². The van der Waals surface area contributed by atoms with E-state index in [9.17, 15) is 4.79 Å². The van der Waals surface area contributed by atoms with Crippen LogP contribution in [0.3, 0.4) is 0 Å². The van der Waals surface area contributed by atoms with Gasteiger partial charge in [-0.15, -0.1) is 0 Å². The largest absolute Gasteiger partial charge is 0.356 e. The zero-order valence-corrected chi connectivity index (χ0v) is 7.10. The molecular formula is C7H5BrN2O. The lowest BCUT2D eigenvalue weighted by molar-refractivity contribution is 1.26. The minimum Gasteiger partial charge on any atom is -0.356 e. The Morgan fingerprint density at radius 1 is 1.36 bits per heavy atom. The Hall–Kier alpha value is -1.03. The van der Waals surface area contributed by atoms with Crippen molar-refractivity contribution in [3.05, 3.63) is 33.3 Å². The standard InChI is InChI=1S/C7H5BrN2O/c8-5-3-10-6-4(5)1-2-9-7(6)11/h1-3,10H,(H,9,11). The van der Waals surface area contributed by atoms with Crippen molar-refractivity contribution in [3.63, 3.8) is 0 Å². The fraction of sp³-hybridized carbons (Fsp3) is 0. The van der Waals surface area contributed by atoms with Crippen molar-refractivity contribution in [2.45, 2.75) is 0 Å². The molecule has 2 aromatic heterocycles. The van der Waals surface area contributed by atoms with Crippen molar-refractivity contribution in [3.8, 4) is 0 Å². The molecule has 2 N–H and O–H groups in total. The number of pyridine rings is 1. The predicted molar refractivity (Wildman–Crippen MR) is 46.6 cm³/mol. The van der Waals surface area contributed by atoms with Crippen LogP contribution in [0.25, 0.3) is 10.9 Å². The minimum atomic E-state index is -0.0896. The van der Waals surface area contributed by atoms with Crippen molar-refractivity contribution in [2.24, 2.45) is 0 Å². The number of hydrogen-bond donors (Lipinski definition) is 2. The van der Waals surface area contributed by atoms with Crippen LogP contribution in [0.4, 0.5) is 0 Å². The maximum absolute atomic E-state index is 11.1. The summed E-state index contributed by atoms with van der Waals surface area (Å²) in [6.07, 6.45) is 3.38. The van der Waals surface area contributed by atoms with Gasteiger partial charge in [-0.1, -0.05) is 0 Å². The molecular weight excluding hydrogens is 208 g/mol. The maximum Gasteiger partial charge on any atom is 0.272 e. The topological polar surface area (TPSA) is 48.6 Å². The molecule has 0 atom stereocenters. The van der Waals surface area contributed by atoms with Crippen LogP contribution in [0, 0.1) is 0 Å². The second-order valence-electron chi connectivity index (χ2n) is 2.23. The highest BCUT2D eigenvalue weighted by molar-refractivity contribution is 9.10. The van der Waals surface area contributed by atoms with E-state index in [1.54, 1.807) is 12.4 Å². The van der Waals surface area contributed by atoms with Gasteiger partial charge in [-0.25, -0.2) is 0 Å². The van der Waals surface area contributed by atoms with Crippen LogP contribution >= 0.6 is 15.9 Å². The highest BCUT2D eigenvalue weighted by Gasteiger charge is 2.01. The van der Waals surface area contributed by atoms with E-state index in [4.69, 9.17) is 0 Å². The van der Waals surface area contributed by atoms with E-state index in [1.165, 1.54) is 0 Å². The number of nitrogens with one attached hydrogen (secondary N) is 2. The summed E-state index contributed by atoms with van der Waals surface area (Å²) in [5.41, 5.74) is 0.521. The summed E-state index contributed by atoms with van der Waals surface area (Å²) in [4.78, 5) is 16.5. The van der Waals surface area contributed by atoms with Gasteiger partial charge in [0, 0.05) is 22.3 Å². The van der Waals surface area contributed by atoms with Crippen LogP contribution in [-0.4, -0.2) is 9.97 Å². The normalized spacial score (nSPS) is 10.6. The third-order valence-electron chi connectivity index (χ3n) is 1.56. The van der Waals surface area contributed by atoms with E-state index in [0.29, 0.717) is 5.52 Å². The number of rotatable bonds is 0. The predicted octanol–water partition coefficient (Wildman–Crippen LogP) is 1.62. The lowest BCUT2D eigenvalue weighted by Gasteiger charge is -1.86. The molecule has 4 heteroatoms. The first-order valence-electron chi connectivity index (χ1n) is 3.13. The van der Waals surface area contributed by atoms with Gasteiger partial charge in [0.2, 0.25) is 0 Å². The van der Waals surface area contributed by atoms with Crippen LogP contribution in [-0.2, 0) is 0 Å². The van der Waals surface area contributed by atoms with Crippen LogP contribution < -0.4 is 5.56 Å². The molecule has 3 nitrogen and oxygen atoms in total. The molecule has 11 heavy (non-hydrogen) atoms. The highest BCUT2D eigenvalue weighted by atomic mass is 79.9. The number of aromatic nitrogens is 2. The van der Waals surface area contributed by atoms with Gasteiger partial charge in [-0.2, -0.15) is 0 Å². The summed E-state index contributed by atoms with van der Waals surface area (Å²) in [5, 5.41) is 0.911. The molecule has 0 aromatic carbocycles. The highest BCUT2D eigenvalue weighted by Crippen LogP contribution is 2.19. The van der Waals surface area contributed by atoms with E-state index in [1.807, 2.05) is 6.07 Å². The van der Waals surface area contributed by atoms with E-state index in [2.05, 4.69) is 25.9 Å². The molecule has 0 unspecified atom stereocenters. The molecule has 0 saturated heterocycles. The van der Waals surface area contributed by atoms with E-state index < -0.39 is 0 Å². The van der Waals surface area contributed by atoms with Crippen molar-refractivity contribution in [2.75, 3.05) is 0 Å². The second-order valence-corrected chi connectivity index (χ2v) is 3.09. The molecule has 0 fully saturated rings. The van der Waals surface area contributed by atoms with Crippen molar-refractivity contribution in [1.82, 2.24) is 9.97 Å². The summed E-state index contributed by atoms with van der Waals surface area (Å²) in [5.74, 6) is 0. The smallest absolute Gasteiger partial charge is 0.272 e. The summed E-state index contributed by atoms with van der Waals surface area (Å²) in [6.45, 7) is 0. The molecule has 0 aliphatic carbocycles. The fourth-order valence-electron chi connectivity index (χ4n) is 1.03. The summed E-state index contributed by atoms with van der Waals surface area (Å²) >= 11 is 3.32. The van der Waals surface area contributed by atoms with Gasteiger partial charge in [-0.05, 0) is 22.0 Å².